The van der Waals surface area contributed by atoms with Crippen molar-refractivity contribution in [3.8, 4) is 0 Å². The van der Waals surface area contributed by atoms with E-state index in [2.05, 4.69) is 33.9 Å². The first-order chi connectivity index (χ1) is 19.6. The number of carbonyl (C=O) groups excluding carboxylic acids is 1. The Morgan fingerprint density at radius 3 is 2.37 bits per heavy atom. The molecule has 7 rings (SSSR count). The third-order valence-electron chi connectivity index (χ3n) is 11.7. The van der Waals surface area contributed by atoms with Crippen LogP contribution in [0.25, 0.3) is 0 Å². The fraction of sp³-hybridized carbons (Fsp3) is 0.903. The van der Waals surface area contributed by atoms with Gasteiger partial charge in [0, 0.05) is 68.0 Å². The summed E-state index contributed by atoms with van der Waals surface area (Å²) in [5, 5.41) is 4.14. The number of likely N-dealkylation sites (tertiary alicyclic amines) is 1. The molecule has 1 aromatic rings. The third kappa shape index (κ3) is 5.45. The van der Waals surface area contributed by atoms with Gasteiger partial charge in [-0.1, -0.05) is 12.1 Å². The zero-order valence-corrected chi connectivity index (χ0v) is 24.6. The molecule has 7 atom stereocenters. The van der Waals surface area contributed by atoms with E-state index in [1.165, 1.54) is 19.4 Å². The zero-order chi connectivity index (χ0) is 28.5. The van der Waals surface area contributed by atoms with Gasteiger partial charge >= 0.3 is 0 Å². The Balaban J connectivity index is 0.994. The molecular weight excluding hydrogens is 531 g/mol. The van der Waals surface area contributed by atoms with Gasteiger partial charge in [-0.2, -0.15) is 4.98 Å². The van der Waals surface area contributed by atoms with Crippen molar-refractivity contribution in [1.82, 2.24) is 24.8 Å². The van der Waals surface area contributed by atoms with Gasteiger partial charge in [-0.3, -0.25) is 9.69 Å². The highest BCUT2D eigenvalue weighted by Crippen LogP contribution is 2.49. The summed E-state index contributed by atoms with van der Waals surface area (Å²) in [6.07, 6.45) is 8.92. The molecule has 1 amide bonds. The van der Waals surface area contributed by atoms with Crippen molar-refractivity contribution >= 4 is 5.91 Å². The molecule has 1 aromatic heterocycles. The molecule has 10 heteroatoms. The normalized spacial score (nSPS) is 38.4. The summed E-state index contributed by atoms with van der Waals surface area (Å²) in [5.41, 5.74) is -0.368. The summed E-state index contributed by atoms with van der Waals surface area (Å²) in [6, 6.07) is 1.05. The van der Waals surface area contributed by atoms with Crippen LogP contribution in [0.1, 0.15) is 108 Å². The van der Waals surface area contributed by atoms with Gasteiger partial charge < -0.3 is 14.3 Å². The van der Waals surface area contributed by atoms with E-state index in [0.29, 0.717) is 68.6 Å². The molecule has 3 aliphatic heterocycles. The second kappa shape index (κ2) is 10.5. The minimum atomic E-state index is -2.82. The molecule has 7 nitrogen and oxygen atoms in total. The second-order valence-corrected chi connectivity index (χ2v) is 14.6. The first kappa shape index (κ1) is 28.1. The Hall–Kier alpha value is -1.68. The SMILES string of the molecule is CN(CC1CC1)C1CC2CC[C@H](C1)N2[C@H]1CCCC(F)(F)[C@@H]1CC(=O)N1CCC(C)(c2noc([C@@H]3C[C@@H]3F)n2)CC1. The molecule has 3 saturated heterocycles. The van der Waals surface area contributed by atoms with Gasteiger partial charge in [0.25, 0.3) is 5.92 Å². The number of carbonyl (C=O) groups is 1. The molecule has 0 aromatic carbocycles. The Labute approximate surface area is 241 Å². The van der Waals surface area contributed by atoms with Crippen LogP contribution < -0.4 is 0 Å². The summed E-state index contributed by atoms with van der Waals surface area (Å²) in [6.45, 7) is 4.20. The van der Waals surface area contributed by atoms with Crippen molar-refractivity contribution in [2.24, 2.45) is 11.8 Å². The number of halogens is 3. The lowest BCUT2D eigenvalue weighted by molar-refractivity contribution is -0.154. The van der Waals surface area contributed by atoms with Crippen LogP contribution in [0.4, 0.5) is 13.2 Å². The maximum atomic E-state index is 15.6. The van der Waals surface area contributed by atoms with Crippen LogP contribution in [-0.4, -0.2) is 93.7 Å². The van der Waals surface area contributed by atoms with E-state index in [1.807, 2.05) is 0 Å². The molecule has 228 valence electrons. The van der Waals surface area contributed by atoms with Crippen LogP contribution in [0.15, 0.2) is 4.52 Å². The van der Waals surface area contributed by atoms with E-state index in [-0.39, 0.29) is 36.1 Å². The lowest BCUT2D eigenvalue weighted by Crippen LogP contribution is -2.59. The maximum absolute atomic E-state index is 15.6. The Bertz CT molecular complexity index is 1100. The molecule has 6 fully saturated rings. The number of piperidine rings is 2. The summed E-state index contributed by atoms with van der Waals surface area (Å²) < 4.78 is 50.0. The van der Waals surface area contributed by atoms with Crippen molar-refractivity contribution < 1.29 is 22.5 Å². The Kier molecular flexibility index (Phi) is 7.19. The fourth-order valence-electron chi connectivity index (χ4n) is 8.64. The van der Waals surface area contributed by atoms with Gasteiger partial charge in [0.05, 0.1) is 5.92 Å². The van der Waals surface area contributed by atoms with Crippen LogP contribution in [-0.2, 0) is 10.2 Å². The van der Waals surface area contributed by atoms with E-state index >= 15 is 8.78 Å². The Morgan fingerprint density at radius 1 is 1.05 bits per heavy atom. The highest BCUT2D eigenvalue weighted by molar-refractivity contribution is 5.77. The number of aromatic nitrogens is 2. The number of alkyl halides is 3. The van der Waals surface area contributed by atoms with Crippen LogP contribution in [0.2, 0.25) is 0 Å². The smallest absolute Gasteiger partial charge is 0.252 e. The van der Waals surface area contributed by atoms with Gasteiger partial charge in [0.2, 0.25) is 11.8 Å². The largest absolute Gasteiger partial charge is 0.343 e. The number of fused-ring (bicyclic) bond motifs is 2. The van der Waals surface area contributed by atoms with Crippen molar-refractivity contribution in [1.29, 1.82) is 0 Å². The molecule has 41 heavy (non-hydrogen) atoms. The molecular formula is C31H46F3N5O2. The quantitative estimate of drug-likeness (QED) is 0.418. The van der Waals surface area contributed by atoms with Gasteiger partial charge in [-0.15, -0.1) is 0 Å². The number of hydrogen-bond acceptors (Lipinski definition) is 6. The number of rotatable bonds is 8. The standard InChI is InChI=1S/C31H46F3N5O2/c1-30(29-35-28(41-36-29)23-16-25(23)32)10-12-38(13-11-30)27(40)17-24-26(4-3-9-31(24,33)34)39-20-7-8-21(39)15-22(14-20)37(2)18-19-5-6-19/h19-26H,3-18H2,1-2H3/t20-,21?,22?,23-,24-,25+,26+/m1/s1. The molecule has 2 unspecified atom stereocenters. The van der Waals surface area contributed by atoms with Gasteiger partial charge in [0.15, 0.2) is 5.82 Å². The van der Waals surface area contributed by atoms with Crippen LogP contribution in [0, 0.1) is 11.8 Å². The van der Waals surface area contributed by atoms with E-state index < -0.39 is 18.0 Å². The molecule has 3 saturated carbocycles. The van der Waals surface area contributed by atoms with Gasteiger partial charge in [-0.05, 0) is 83.6 Å². The third-order valence-corrected chi connectivity index (χ3v) is 11.7. The molecule has 3 aliphatic carbocycles. The maximum Gasteiger partial charge on any atom is 0.252 e. The predicted molar refractivity (Wildman–Crippen MR) is 147 cm³/mol. The first-order valence-corrected chi connectivity index (χ1v) is 16.2. The highest BCUT2D eigenvalue weighted by Gasteiger charge is 2.55. The van der Waals surface area contributed by atoms with Crippen molar-refractivity contribution in [3.63, 3.8) is 0 Å². The summed E-state index contributed by atoms with van der Waals surface area (Å²) >= 11 is 0. The van der Waals surface area contributed by atoms with Crippen LogP contribution in [0.3, 0.4) is 0 Å². The Morgan fingerprint density at radius 2 is 1.73 bits per heavy atom. The number of nitrogens with zero attached hydrogens (tertiary/aromatic N) is 5. The molecule has 2 bridgehead atoms. The van der Waals surface area contributed by atoms with Crippen molar-refractivity contribution in [2.75, 3.05) is 26.7 Å². The summed E-state index contributed by atoms with van der Waals surface area (Å²) in [5.74, 6) is -2.39. The van der Waals surface area contributed by atoms with Crippen molar-refractivity contribution in [3.05, 3.63) is 11.7 Å². The lowest BCUT2D eigenvalue weighted by atomic mass is 9.76. The number of hydrogen-bond donors (Lipinski definition) is 0. The van der Waals surface area contributed by atoms with E-state index in [1.54, 1.807) is 4.90 Å². The molecule has 0 spiro atoms. The molecule has 6 aliphatic rings. The predicted octanol–water partition coefficient (Wildman–Crippen LogP) is 5.31. The van der Waals surface area contributed by atoms with Crippen LogP contribution in [0.5, 0.6) is 0 Å². The second-order valence-electron chi connectivity index (χ2n) is 14.6. The lowest BCUT2D eigenvalue weighted by Gasteiger charge is -2.51. The average Bonchev–Trinajstić information content (AvgIpc) is 3.82. The summed E-state index contributed by atoms with van der Waals surface area (Å²) in [4.78, 5) is 24.8. The molecule has 0 N–H and O–H groups in total. The topological polar surface area (TPSA) is 65.7 Å². The summed E-state index contributed by atoms with van der Waals surface area (Å²) in [7, 11) is 2.25. The minimum Gasteiger partial charge on any atom is -0.343 e. The van der Waals surface area contributed by atoms with Gasteiger partial charge in [-0.25, -0.2) is 13.2 Å². The van der Waals surface area contributed by atoms with Crippen molar-refractivity contribution in [2.45, 2.75) is 138 Å². The fourth-order valence-corrected chi connectivity index (χ4v) is 8.64. The monoisotopic (exact) mass is 577 g/mol. The minimum absolute atomic E-state index is 0.0821. The molecule has 4 heterocycles. The zero-order valence-electron chi connectivity index (χ0n) is 24.6. The average molecular weight is 578 g/mol. The van der Waals surface area contributed by atoms with E-state index in [0.717, 1.165) is 38.0 Å². The first-order valence-electron chi connectivity index (χ1n) is 16.2. The van der Waals surface area contributed by atoms with Gasteiger partial charge in [0.1, 0.15) is 6.17 Å². The van der Waals surface area contributed by atoms with E-state index in [4.69, 9.17) is 4.52 Å². The molecule has 0 radical (unpaired) electrons. The van der Waals surface area contributed by atoms with E-state index in [9.17, 15) is 9.18 Å². The highest BCUT2D eigenvalue weighted by atomic mass is 19.3. The number of amides is 1. The van der Waals surface area contributed by atoms with Crippen LogP contribution >= 0.6 is 0 Å².